The van der Waals surface area contributed by atoms with Crippen LogP contribution < -0.4 is 0 Å². The van der Waals surface area contributed by atoms with Crippen LogP contribution in [0, 0.1) is 0 Å². The van der Waals surface area contributed by atoms with Gasteiger partial charge in [-0.15, -0.1) is 0 Å². The van der Waals surface area contributed by atoms with E-state index in [0.29, 0.717) is 31.9 Å². The molecule has 0 radical (unpaired) electrons. The maximum absolute atomic E-state index is 12.6. The molecule has 0 saturated carbocycles. The van der Waals surface area contributed by atoms with Gasteiger partial charge in [-0.3, -0.25) is 4.79 Å². The molecular weight excluding hydrogens is 311 g/mol. The normalized spacial score (nSPS) is 25.6. The summed E-state index contributed by atoms with van der Waals surface area (Å²) in [5, 5.41) is 0. The molecule has 1 amide bonds. The highest BCUT2D eigenvalue weighted by Crippen LogP contribution is 2.31. The van der Waals surface area contributed by atoms with Gasteiger partial charge in [0.2, 0.25) is 0 Å². The van der Waals surface area contributed by atoms with E-state index in [1.807, 2.05) is 0 Å². The van der Waals surface area contributed by atoms with Crippen LogP contribution in [-0.2, 0) is 20.4 Å². The van der Waals surface area contributed by atoms with E-state index in [0.717, 1.165) is 25.0 Å². The van der Waals surface area contributed by atoms with Crippen molar-refractivity contribution in [2.45, 2.75) is 31.2 Å². The quantitative estimate of drug-likeness (QED) is 0.837. The fraction of sp³-hybridized carbons (Fsp3) is 0.562. The molecule has 2 fully saturated rings. The lowest BCUT2D eigenvalue weighted by atomic mass is 10.0. The van der Waals surface area contributed by atoms with E-state index in [2.05, 4.69) is 0 Å². The van der Waals surface area contributed by atoms with Crippen molar-refractivity contribution in [2.24, 2.45) is 0 Å². The van der Waals surface area contributed by atoms with E-state index < -0.39 is 17.8 Å². The summed E-state index contributed by atoms with van der Waals surface area (Å²) in [6, 6.07) is 4.90. The predicted octanol–water partition coefficient (Wildman–Crippen LogP) is 2.78. The number of benzene rings is 1. The molecule has 7 heteroatoms. The molecule has 2 saturated heterocycles. The molecule has 0 aliphatic carbocycles. The van der Waals surface area contributed by atoms with Crippen molar-refractivity contribution >= 4 is 5.91 Å². The number of hydrogen-bond donors (Lipinski definition) is 0. The molecular formula is C16H18F3NO3. The average molecular weight is 329 g/mol. The number of morpholine rings is 1. The van der Waals surface area contributed by atoms with Crippen molar-refractivity contribution in [3.05, 3.63) is 35.4 Å². The number of amides is 1. The maximum Gasteiger partial charge on any atom is 0.416 e. The number of rotatable bonds is 2. The summed E-state index contributed by atoms with van der Waals surface area (Å²) in [5.74, 6) is -0.0530. The predicted molar refractivity (Wildman–Crippen MR) is 75.7 cm³/mol. The van der Waals surface area contributed by atoms with Crippen molar-refractivity contribution in [3.63, 3.8) is 0 Å². The summed E-state index contributed by atoms with van der Waals surface area (Å²) in [6.45, 7) is 1.78. The smallest absolute Gasteiger partial charge is 0.370 e. The summed E-state index contributed by atoms with van der Waals surface area (Å²) in [4.78, 5) is 14.0. The zero-order valence-electron chi connectivity index (χ0n) is 12.5. The van der Waals surface area contributed by atoms with Crippen molar-refractivity contribution in [1.29, 1.82) is 0 Å². The Morgan fingerprint density at radius 2 is 1.87 bits per heavy atom. The zero-order valence-corrected chi connectivity index (χ0v) is 12.5. The second kappa shape index (κ2) is 6.49. The molecule has 23 heavy (non-hydrogen) atoms. The number of carbonyl (C=O) groups is 1. The molecule has 126 valence electrons. The summed E-state index contributed by atoms with van der Waals surface area (Å²) < 4.78 is 48.8. The van der Waals surface area contributed by atoms with Crippen LogP contribution in [0.1, 0.15) is 30.1 Å². The van der Waals surface area contributed by atoms with Crippen LogP contribution in [0.25, 0.3) is 0 Å². The number of halogens is 3. The van der Waals surface area contributed by atoms with Crippen LogP contribution in [0.5, 0.6) is 0 Å². The van der Waals surface area contributed by atoms with Gasteiger partial charge in [0.25, 0.3) is 5.91 Å². The average Bonchev–Trinajstić information content (AvgIpc) is 3.08. The second-order valence-corrected chi connectivity index (χ2v) is 5.77. The Bertz CT molecular complexity index is 553. The van der Waals surface area contributed by atoms with Gasteiger partial charge in [0.1, 0.15) is 12.2 Å². The van der Waals surface area contributed by atoms with Gasteiger partial charge in [-0.05, 0) is 30.5 Å². The molecule has 3 rings (SSSR count). The summed E-state index contributed by atoms with van der Waals surface area (Å²) in [7, 11) is 0. The monoisotopic (exact) mass is 329 g/mol. The molecule has 1 aromatic rings. The van der Waals surface area contributed by atoms with Gasteiger partial charge in [0, 0.05) is 13.2 Å². The Morgan fingerprint density at radius 1 is 1.13 bits per heavy atom. The lowest BCUT2D eigenvalue weighted by Crippen LogP contribution is -2.46. The number of nitrogens with zero attached hydrogens (tertiary/aromatic N) is 1. The molecule has 0 N–H and O–H groups in total. The van der Waals surface area contributed by atoms with E-state index >= 15 is 0 Å². The van der Waals surface area contributed by atoms with Crippen LogP contribution in [0.3, 0.4) is 0 Å². The maximum atomic E-state index is 12.6. The van der Waals surface area contributed by atoms with Gasteiger partial charge in [-0.25, -0.2) is 0 Å². The molecule has 0 unspecified atom stereocenters. The third kappa shape index (κ3) is 3.67. The Balaban J connectivity index is 1.67. The first-order chi connectivity index (χ1) is 10.9. The first kappa shape index (κ1) is 16.3. The second-order valence-electron chi connectivity index (χ2n) is 5.77. The van der Waals surface area contributed by atoms with Crippen molar-refractivity contribution in [3.8, 4) is 0 Å². The van der Waals surface area contributed by atoms with Gasteiger partial charge >= 0.3 is 6.18 Å². The van der Waals surface area contributed by atoms with Crippen LogP contribution in [0.2, 0.25) is 0 Å². The highest BCUT2D eigenvalue weighted by atomic mass is 19.4. The Kier molecular flexibility index (Phi) is 4.59. The summed E-state index contributed by atoms with van der Waals surface area (Å²) >= 11 is 0. The highest BCUT2D eigenvalue weighted by Gasteiger charge is 2.33. The Labute approximate surface area is 132 Å². The minimum absolute atomic E-state index is 0.0530. The molecule has 4 nitrogen and oxygen atoms in total. The molecule has 2 atom stereocenters. The number of alkyl halides is 3. The van der Waals surface area contributed by atoms with Crippen LogP contribution in [-0.4, -0.2) is 43.2 Å². The van der Waals surface area contributed by atoms with E-state index in [4.69, 9.17) is 9.47 Å². The van der Waals surface area contributed by atoms with E-state index in [-0.39, 0.29) is 12.0 Å². The third-order valence-electron chi connectivity index (χ3n) is 4.19. The molecule has 1 aromatic carbocycles. The van der Waals surface area contributed by atoms with Crippen LogP contribution in [0.15, 0.2) is 24.3 Å². The zero-order chi connectivity index (χ0) is 16.4. The van der Waals surface area contributed by atoms with Gasteiger partial charge < -0.3 is 14.4 Å². The number of ether oxygens (including phenoxy) is 2. The van der Waals surface area contributed by atoms with Crippen molar-refractivity contribution in [2.75, 3.05) is 26.3 Å². The number of carbonyl (C=O) groups excluding carboxylic acids is 1. The van der Waals surface area contributed by atoms with Gasteiger partial charge in [-0.1, -0.05) is 12.1 Å². The van der Waals surface area contributed by atoms with Crippen LogP contribution >= 0.6 is 0 Å². The topological polar surface area (TPSA) is 38.8 Å². The first-order valence-corrected chi connectivity index (χ1v) is 7.64. The van der Waals surface area contributed by atoms with Gasteiger partial charge in [-0.2, -0.15) is 13.2 Å². The SMILES string of the molecule is O=C([C@@H]1CCCO1)N1CCO[C@@H](c2ccc(C(F)(F)F)cc2)C1. The van der Waals surface area contributed by atoms with Gasteiger partial charge in [0.15, 0.2) is 0 Å². The van der Waals surface area contributed by atoms with Crippen molar-refractivity contribution < 1.29 is 27.4 Å². The lowest BCUT2D eigenvalue weighted by Gasteiger charge is -2.34. The fourth-order valence-corrected chi connectivity index (χ4v) is 2.91. The molecule has 0 spiro atoms. The van der Waals surface area contributed by atoms with Crippen LogP contribution in [0.4, 0.5) is 13.2 Å². The van der Waals surface area contributed by atoms with E-state index in [9.17, 15) is 18.0 Å². The Hall–Kier alpha value is -1.60. The molecule has 0 aromatic heterocycles. The lowest BCUT2D eigenvalue weighted by molar-refractivity contribution is -0.148. The summed E-state index contributed by atoms with van der Waals surface area (Å²) in [5.41, 5.74) is -0.0489. The third-order valence-corrected chi connectivity index (χ3v) is 4.19. The molecule has 2 aliphatic heterocycles. The molecule has 0 bridgehead atoms. The molecule has 2 aliphatic rings. The molecule has 2 heterocycles. The summed E-state index contributed by atoms with van der Waals surface area (Å²) in [6.07, 6.45) is -3.55. The minimum Gasteiger partial charge on any atom is -0.370 e. The fourth-order valence-electron chi connectivity index (χ4n) is 2.91. The van der Waals surface area contributed by atoms with Crippen molar-refractivity contribution in [1.82, 2.24) is 4.90 Å². The van der Waals surface area contributed by atoms with E-state index in [1.165, 1.54) is 12.1 Å². The first-order valence-electron chi connectivity index (χ1n) is 7.64. The van der Waals surface area contributed by atoms with Gasteiger partial charge in [0.05, 0.1) is 18.7 Å². The van der Waals surface area contributed by atoms with E-state index in [1.54, 1.807) is 4.90 Å². The largest absolute Gasteiger partial charge is 0.416 e. The highest BCUT2D eigenvalue weighted by molar-refractivity contribution is 5.81. The Morgan fingerprint density at radius 3 is 2.48 bits per heavy atom. The minimum atomic E-state index is -4.35. The number of hydrogen-bond acceptors (Lipinski definition) is 3. The standard InChI is InChI=1S/C16H18F3NO3/c17-16(18,19)12-5-3-11(4-6-12)14-10-20(7-9-23-14)15(21)13-2-1-8-22-13/h3-6,13-14H,1-2,7-10H2/t13-,14+/m0/s1.